The number of aliphatic hydroxyl groups excluding tert-OH is 2. The van der Waals surface area contributed by atoms with Gasteiger partial charge in [-0.05, 0) is 78.5 Å². The first-order chi connectivity index (χ1) is 27.4. The Morgan fingerprint density at radius 2 is 1.65 bits per heavy atom. The molecule has 5 N–H and O–H groups in total. The van der Waals surface area contributed by atoms with E-state index in [4.69, 9.17) is 51.3 Å². The molecule has 0 aliphatic carbocycles. The number of methoxy groups -OCH3 is 1. The highest BCUT2D eigenvalue weighted by Crippen LogP contribution is 2.36. The van der Waals surface area contributed by atoms with Gasteiger partial charge in [-0.15, -0.1) is 11.8 Å². The molecule has 0 spiro atoms. The van der Waals surface area contributed by atoms with Gasteiger partial charge in [0.05, 0.1) is 30.8 Å². The maximum Gasteiger partial charge on any atom is 0.312 e. The Labute approximate surface area is 345 Å². The van der Waals surface area contributed by atoms with Crippen LogP contribution in [-0.2, 0) is 34.1 Å². The van der Waals surface area contributed by atoms with Gasteiger partial charge in [-0.3, -0.25) is 19.5 Å². The molecule has 1 fully saturated rings. The van der Waals surface area contributed by atoms with Crippen molar-refractivity contribution in [1.82, 2.24) is 9.88 Å². The van der Waals surface area contributed by atoms with E-state index in [1.165, 1.54) is 7.11 Å². The van der Waals surface area contributed by atoms with Gasteiger partial charge in [0.2, 0.25) is 0 Å². The Balaban J connectivity index is 0.000000994. The van der Waals surface area contributed by atoms with Crippen LogP contribution in [0.5, 0.6) is 17.2 Å². The summed E-state index contributed by atoms with van der Waals surface area (Å²) in [5, 5.41) is 25.7. The largest absolute Gasteiger partial charge is 0.493 e. The summed E-state index contributed by atoms with van der Waals surface area (Å²) in [6, 6.07) is 17.9. The summed E-state index contributed by atoms with van der Waals surface area (Å²) in [4.78, 5) is 27.7. The van der Waals surface area contributed by atoms with Crippen molar-refractivity contribution >= 4 is 35.8 Å². The van der Waals surface area contributed by atoms with Crippen LogP contribution in [0, 0.1) is 25.7 Å². The maximum atomic E-state index is 11.9. The number of ether oxygens (including phenoxy) is 4. The van der Waals surface area contributed by atoms with Crippen LogP contribution in [0.15, 0.2) is 71.9 Å². The van der Waals surface area contributed by atoms with Crippen LogP contribution in [0.2, 0.25) is 5.02 Å². The van der Waals surface area contributed by atoms with E-state index in [9.17, 15) is 9.90 Å². The lowest BCUT2D eigenvalue weighted by molar-refractivity contribution is -0.147. The third-order valence-corrected chi connectivity index (χ3v) is 10.2. The Morgan fingerprint density at radius 1 is 0.982 bits per heavy atom. The van der Waals surface area contributed by atoms with Crippen LogP contribution < -0.4 is 19.9 Å². The number of nitrogens with zero attached hydrogens (tertiary/aromatic N) is 2. The molecule has 12 nitrogen and oxygen atoms in total. The fraction of sp³-hybridized carbons (Fsp3) is 0.419. The van der Waals surface area contributed by atoms with E-state index in [2.05, 4.69) is 48.0 Å². The number of thioether (sulfide) groups is 1. The van der Waals surface area contributed by atoms with Gasteiger partial charge in [-0.2, -0.15) is 0 Å². The lowest BCUT2D eigenvalue weighted by atomic mass is 9.93. The van der Waals surface area contributed by atoms with Crippen LogP contribution >= 0.6 is 23.4 Å². The fourth-order valence-corrected chi connectivity index (χ4v) is 6.72. The molecule has 0 bridgehead atoms. The highest BCUT2D eigenvalue weighted by molar-refractivity contribution is 7.98. The molecule has 310 valence electrons. The van der Waals surface area contributed by atoms with Crippen molar-refractivity contribution in [3.8, 4) is 28.4 Å². The molecule has 0 saturated carbocycles. The summed E-state index contributed by atoms with van der Waals surface area (Å²) in [5.74, 6) is 1.54. The number of aliphatic hydroxyl groups is 2. The number of pyridine rings is 1. The van der Waals surface area contributed by atoms with Gasteiger partial charge in [0, 0.05) is 67.3 Å². The van der Waals surface area contributed by atoms with Gasteiger partial charge in [-0.25, -0.2) is 0 Å². The number of carboxylic acid groups (broad SMARTS) is 1. The van der Waals surface area contributed by atoms with Gasteiger partial charge in [-0.1, -0.05) is 55.8 Å². The Bertz CT molecular complexity index is 1880. The van der Waals surface area contributed by atoms with E-state index >= 15 is 0 Å². The molecular formula is C43H56ClN3O9S. The molecule has 4 aromatic rings. The molecule has 1 aromatic heterocycles. The first-order valence-corrected chi connectivity index (χ1v) is 20.3. The van der Waals surface area contributed by atoms with Crippen molar-refractivity contribution in [3.63, 3.8) is 0 Å². The number of aromatic nitrogens is 1. The van der Waals surface area contributed by atoms with E-state index in [1.54, 1.807) is 24.0 Å². The van der Waals surface area contributed by atoms with Crippen LogP contribution in [0.25, 0.3) is 11.1 Å². The standard InChI is InChI=1S/C38H44ClN3O6S.C4H10O.CH2O2/c1-24-27(23-48-37-16-36(28(17-40)15-33(37)39)47-22-26-14-29(49-4)19-41-18-26)8-5-9-30(24)31-10-6-11-35(25(31)2)46-13-7-12-42-20-32(34(43)21-42)38(44)45-3;1-4(2)3-5;2-1-3/h5-6,8-11,14-16,18-19,32,34,43H,7,12-13,17,20-23,40H2,1-4H3;4-5H,3H2,1-2H3;1H,(H,2,3). The molecule has 5 rings (SSSR count). The predicted molar refractivity (Wildman–Crippen MR) is 224 cm³/mol. The number of esters is 1. The second-order valence-electron chi connectivity index (χ2n) is 13.8. The number of carbonyl (C=O) groups excluding carboxylic acids is 1. The highest BCUT2D eigenvalue weighted by atomic mass is 35.5. The predicted octanol–water partition coefficient (Wildman–Crippen LogP) is 6.93. The van der Waals surface area contributed by atoms with E-state index in [-0.39, 0.29) is 19.0 Å². The number of carbonyl (C=O) groups is 2. The highest BCUT2D eigenvalue weighted by Gasteiger charge is 2.36. The van der Waals surface area contributed by atoms with Crippen LogP contribution in [0.3, 0.4) is 0 Å². The monoisotopic (exact) mass is 825 g/mol. The summed E-state index contributed by atoms with van der Waals surface area (Å²) in [6.45, 7) is 11.3. The SMILES string of the molecule is CC(C)CO.COC(=O)C1CN(CCCOc2cccc(-c3cccc(COc4cc(OCc5cncc(SC)c5)c(CN)cc4Cl)c3C)c2C)CC1O.O=CO. The number of likely N-dealkylation sites (tertiary alicyclic amines) is 1. The van der Waals surface area contributed by atoms with Crippen LogP contribution in [0.4, 0.5) is 0 Å². The zero-order valence-corrected chi connectivity index (χ0v) is 35.1. The zero-order chi connectivity index (χ0) is 41.9. The number of rotatable bonds is 16. The van der Waals surface area contributed by atoms with Gasteiger partial charge < -0.3 is 40.0 Å². The van der Waals surface area contributed by atoms with Crippen LogP contribution in [0.1, 0.15) is 48.1 Å². The maximum absolute atomic E-state index is 11.9. The summed E-state index contributed by atoms with van der Waals surface area (Å²) in [7, 11) is 1.35. The quantitative estimate of drug-likeness (QED) is 0.0397. The van der Waals surface area contributed by atoms with E-state index in [1.807, 2.05) is 50.6 Å². The molecule has 57 heavy (non-hydrogen) atoms. The first-order valence-electron chi connectivity index (χ1n) is 18.6. The Morgan fingerprint density at radius 3 is 2.30 bits per heavy atom. The smallest absolute Gasteiger partial charge is 0.312 e. The number of halogens is 1. The lowest BCUT2D eigenvalue weighted by Gasteiger charge is -2.18. The third kappa shape index (κ3) is 14.2. The molecule has 1 saturated heterocycles. The van der Waals surface area contributed by atoms with Gasteiger partial charge in [0.15, 0.2) is 0 Å². The van der Waals surface area contributed by atoms with Crippen molar-refractivity contribution in [2.24, 2.45) is 17.6 Å². The Kier molecular flexibility index (Phi) is 20.1. The number of benzene rings is 3. The van der Waals surface area contributed by atoms with Gasteiger partial charge in [0.25, 0.3) is 6.47 Å². The molecule has 1 aliphatic heterocycles. The minimum atomic E-state index is -0.701. The molecule has 2 heterocycles. The van der Waals surface area contributed by atoms with Crippen LogP contribution in [-0.4, -0.2) is 90.0 Å². The number of β-amino-alcohol motifs (C(OH)–C–C–N with tert-alkyl or cyclic N) is 1. The second-order valence-corrected chi connectivity index (χ2v) is 15.1. The minimum Gasteiger partial charge on any atom is -0.493 e. The van der Waals surface area contributed by atoms with Crippen molar-refractivity contribution in [2.45, 2.75) is 64.9 Å². The summed E-state index contributed by atoms with van der Waals surface area (Å²) < 4.78 is 23.5. The van der Waals surface area contributed by atoms with Crippen molar-refractivity contribution in [1.29, 1.82) is 0 Å². The summed E-state index contributed by atoms with van der Waals surface area (Å²) in [6.07, 6.45) is 5.69. The summed E-state index contributed by atoms with van der Waals surface area (Å²) >= 11 is 8.26. The Hall–Kier alpha value is -4.37. The third-order valence-electron chi connectivity index (χ3n) is 9.25. The molecule has 2 unspecified atom stereocenters. The summed E-state index contributed by atoms with van der Waals surface area (Å²) in [5.41, 5.74) is 13.1. The first kappa shape index (κ1) is 47.0. The molecule has 0 radical (unpaired) electrons. The molecular weight excluding hydrogens is 770 g/mol. The minimum absolute atomic E-state index is 0.250. The topological polar surface area (TPSA) is 174 Å². The zero-order valence-electron chi connectivity index (χ0n) is 33.6. The van der Waals surface area contributed by atoms with E-state index in [0.29, 0.717) is 62.0 Å². The average molecular weight is 826 g/mol. The molecule has 3 aromatic carbocycles. The molecule has 0 amide bonds. The van der Waals surface area contributed by atoms with Gasteiger partial charge in [0.1, 0.15) is 30.5 Å². The lowest BCUT2D eigenvalue weighted by Crippen LogP contribution is -2.27. The van der Waals surface area contributed by atoms with Crippen molar-refractivity contribution in [2.75, 3.05) is 46.2 Å². The number of hydrogen-bond acceptors (Lipinski definition) is 12. The average Bonchev–Trinajstić information content (AvgIpc) is 3.59. The molecule has 1 aliphatic rings. The number of nitrogens with two attached hydrogens (primary N) is 1. The normalized spacial score (nSPS) is 14.9. The second kappa shape index (κ2) is 24.4. The van der Waals surface area contributed by atoms with E-state index < -0.39 is 12.0 Å². The molecule has 2 atom stereocenters. The van der Waals surface area contributed by atoms with Gasteiger partial charge >= 0.3 is 5.97 Å². The molecule has 14 heteroatoms. The van der Waals surface area contributed by atoms with E-state index in [0.717, 1.165) is 62.6 Å². The van der Waals surface area contributed by atoms with Crippen molar-refractivity contribution < 1.29 is 43.9 Å². The fourth-order valence-electron chi connectivity index (χ4n) is 6.05. The van der Waals surface area contributed by atoms with Crippen molar-refractivity contribution in [3.05, 3.63) is 99.8 Å². The number of hydrogen-bond donors (Lipinski definition) is 4.